The second kappa shape index (κ2) is 5.38. The van der Waals surface area contributed by atoms with Crippen molar-refractivity contribution in [2.45, 2.75) is 13.8 Å². The Morgan fingerprint density at radius 1 is 1.18 bits per heavy atom. The Morgan fingerprint density at radius 2 is 2.00 bits per heavy atom. The highest BCUT2D eigenvalue weighted by Crippen LogP contribution is 2.21. The van der Waals surface area contributed by atoms with Crippen LogP contribution in [0.3, 0.4) is 0 Å². The van der Waals surface area contributed by atoms with Gasteiger partial charge in [0.15, 0.2) is 5.82 Å². The number of nitrogens with one attached hydrogen (secondary N) is 1. The molecule has 0 aliphatic rings. The Balaban J connectivity index is 2.10. The fourth-order valence-corrected chi connectivity index (χ4v) is 2.38. The number of benzene rings is 1. The maximum absolute atomic E-state index is 12.6. The lowest BCUT2D eigenvalue weighted by molar-refractivity contribution is 0.818. The first kappa shape index (κ1) is 13.9. The summed E-state index contributed by atoms with van der Waals surface area (Å²) in [5.41, 5.74) is 4.15. The molecule has 2 aromatic heterocycles. The van der Waals surface area contributed by atoms with Gasteiger partial charge in [0.05, 0.1) is 5.56 Å². The van der Waals surface area contributed by atoms with Gasteiger partial charge in [-0.1, -0.05) is 18.1 Å². The third-order valence-corrected chi connectivity index (χ3v) is 3.58. The number of pyridine rings is 1. The fourth-order valence-electron chi connectivity index (χ4n) is 2.38. The summed E-state index contributed by atoms with van der Waals surface area (Å²) >= 11 is 0. The van der Waals surface area contributed by atoms with Gasteiger partial charge in [0, 0.05) is 18.0 Å². The predicted molar refractivity (Wildman–Crippen MR) is 87.0 cm³/mol. The summed E-state index contributed by atoms with van der Waals surface area (Å²) in [5.74, 6) is 3.17. The molecule has 22 heavy (non-hydrogen) atoms. The lowest BCUT2D eigenvalue weighted by Gasteiger charge is -2.03. The van der Waals surface area contributed by atoms with Crippen LogP contribution in [0, 0.1) is 26.2 Å². The van der Waals surface area contributed by atoms with E-state index >= 15 is 0 Å². The molecule has 3 rings (SSSR count). The van der Waals surface area contributed by atoms with Crippen LogP contribution < -0.4 is 5.56 Å². The second-order valence-corrected chi connectivity index (χ2v) is 5.20. The van der Waals surface area contributed by atoms with Gasteiger partial charge in [0.1, 0.15) is 0 Å². The predicted octanol–water partition coefficient (Wildman–Crippen LogP) is 2.83. The zero-order chi connectivity index (χ0) is 15.7. The molecule has 1 aromatic carbocycles. The van der Waals surface area contributed by atoms with Crippen LogP contribution in [0.4, 0.5) is 0 Å². The molecule has 0 radical (unpaired) electrons. The van der Waals surface area contributed by atoms with Crippen molar-refractivity contribution in [3.63, 3.8) is 0 Å². The van der Waals surface area contributed by atoms with Crippen molar-refractivity contribution in [3.8, 4) is 29.3 Å². The molecule has 108 valence electrons. The number of H-pyrrole nitrogens is 1. The van der Waals surface area contributed by atoms with Crippen molar-refractivity contribution >= 4 is 0 Å². The van der Waals surface area contributed by atoms with E-state index in [1.807, 2.05) is 44.2 Å². The van der Waals surface area contributed by atoms with E-state index in [4.69, 9.17) is 6.42 Å². The normalized spacial score (nSPS) is 10.4. The van der Waals surface area contributed by atoms with E-state index in [2.05, 4.69) is 16.0 Å². The molecule has 0 saturated heterocycles. The van der Waals surface area contributed by atoms with Crippen molar-refractivity contribution in [3.05, 3.63) is 69.8 Å². The molecule has 0 atom stereocenters. The summed E-state index contributed by atoms with van der Waals surface area (Å²) in [4.78, 5) is 16.9. The number of aromatic amines is 1. The molecular formula is C18H15N3O. The lowest BCUT2D eigenvalue weighted by Crippen LogP contribution is -2.17. The van der Waals surface area contributed by atoms with E-state index < -0.39 is 0 Å². The smallest absolute Gasteiger partial charge is 0.280 e. The van der Waals surface area contributed by atoms with E-state index in [0.717, 1.165) is 22.3 Å². The Hall–Kier alpha value is -3.06. The van der Waals surface area contributed by atoms with Gasteiger partial charge in [-0.05, 0) is 48.7 Å². The minimum atomic E-state index is -0.132. The molecule has 0 amide bonds. The third kappa shape index (κ3) is 2.33. The largest absolute Gasteiger partial charge is 0.296 e. The quantitative estimate of drug-likeness (QED) is 0.738. The zero-order valence-corrected chi connectivity index (χ0v) is 12.4. The molecule has 0 saturated carbocycles. The van der Waals surface area contributed by atoms with Gasteiger partial charge in [0.25, 0.3) is 5.56 Å². The number of nitrogens with zero attached hydrogens (tertiary/aromatic N) is 2. The highest BCUT2D eigenvalue weighted by atomic mass is 16.1. The van der Waals surface area contributed by atoms with E-state index in [-0.39, 0.29) is 5.56 Å². The SMILES string of the molecule is C#Cc1ccc(-c2c[nH]n(-c3ccc(C)cn3)c2=O)c(C)c1. The first-order valence-electron chi connectivity index (χ1n) is 6.91. The minimum absolute atomic E-state index is 0.132. The highest BCUT2D eigenvalue weighted by molar-refractivity contribution is 5.67. The summed E-state index contributed by atoms with van der Waals surface area (Å²) in [6, 6.07) is 9.34. The van der Waals surface area contributed by atoms with Gasteiger partial charge >= 0.3 is 0 Å². The number of terminal acetylenes is 1. The summed E-state index contributed by atoms with van der Waals surface area (Å²) < 4.78 is 1.43. The number of hydrogen-bond acceptors (Lipinski definition) is 2. The molecular weight excluding hydrogens is 274 g/mol. The molecule has 4 nitrogen and oxygen atoms in total. The Kier molecular flexibility index (Phi) is 3.40. The van der Waals surface area contributed by atoms with Crippen molar-refractivity contribution in [1.82, 2.24) is 14.8 Å². The lowest BCUT2D eigenvalue weighted by atomic mass is 10.0. The Morgan fingerprint density at radius 3 is 2.64 bits per heavy atom. The average Bonchev–Trinajstić information content (AvgIpc) is 2.89. The number of aromatic nitrogens is 3. The fraction of sp³-hybridized carbons (Fsp3) is 0.111. The molecule has 2 heterocycles. The average molecular weight is 289 g/mol. The highest BCUT2D eigenvalue weighted by Gasteiger charge is 2.12. The monoisotopic (exact) mass is 289 g/mol. The Bertz CT molecular complexity index is 924. The van der Waals surface area contributed by atoms with Crippen LogP contribution in [-0.4, -0.2) is 14.8 Å². The zero-order valence-electron chi connectivity index (χ0n) is 12.4. The summed E-state index contributed by atoms with van der Waals surface area (Å²) in [6.07, 6.45) is 8.83. The van der Waals surface area contributed by atoms with Crippen molar-refractivity contribution in [2.24, 2.45) is 0 Å². The molecule has 4 heteroatoms. The third-order valence-electron chi connectivity index (χ3n) is 3.58. The molecule has 0 unspecified atom stereocenters. The summed E-state index contributed by atoms with van der Waals surface area (Å²) in [5, 5.41) is 2.97. The topological polar surface area (TPSA) is 50.7 Å². The molecule has 0 aliphatic heterocycles. The van der Waals surface area contributed by atoms with Gasteiger partial charge < -0.3 is 0 Å². The van der Waals surface area contributed by atoms with Gasteiger partial charge in [-0.3, -0.25) is 9.89 Å². The molecule has 0 fully saturated rings. The van der Waals surface area contributed by atoms with Crippen LogP contribution in [-0.2, 0) is 0 Å². The first-order valence-corrected chi connectivity index (χ1v) is 6.91. The second-order valence-electron chi connectivity index (χ2n) is 5.20. The maximum Gasteiger partial charge on any atom is 0.280 e. The van der Waals surface area contributed by atoms with Gasteiger partial charge in [-0.15, -0.1) is 6.42 Å². The standard InChI is InChI=1S/C18H15N3O/c1-4-14-6-7-15(13(3)9-14)16-11-20-21(18(16)22)17-8-5-12(2)10-19-17/h1,5-11,20H,2-3H3. The maximum atomic E-state index is 12.6. The van der Waals surface area contributed by atoms with Crippen LogP contribution in [0.1, 0.15) is 16.7 Å². The van der Waals surface area contributed by atoms with Crippen LogP contribution in [0.25, 0.3) is 16.9 Å². The van der Waals surface area contributed by atoms with Crippen LogP contribution in [0.15, 0.2) is 47.5 Å². The molecule has 0 spiro atoms. The molecule has 3 aromatic rings. The first-order chi connectivity index (χ1) is 10.6. The van der Waals surface area contributed by atoms with Crippen LogP contribution in [0.5, 0.6) is 0 Å². The Labute approximate surface area is 128 Å². The van der Waals surface area contributed by atoms with Crippen molar-refractivity contribution in [1.29, 1.82) is 0 Å². The number of aryl methyl sites for hydroxylation is 2. The van der Waals surface area contributed by atoms with Gasteiger partial charge in [0.2, 0.25) is 0 Å². The van der Waals surface area contributed by atoms with Crippen molar-refractivity contribution in [2.75, 3.05) is 0 Å². The van der Waals surface area contributed by atoms with Gasteiger partial charge in [-0.2, -0.15) is 0 Å². The molecule has 0 bridgehead atoms. The molecule has 1 N–H and O–H groups in total. The summed E-state index contributed by atoms with van der Waals surface area (Å²) in [7, 11) is 0. The number of hydrogen-bond donors (Lipinski definition) is 1. The van der Waals surface area contributed by atoms with Crippen LogP contribution >= 0.6 is 0 Å². The minimum Gasteiger partial charge on any atom is -0.296 e. The van der Waals surface area contributed by atoms with E-state index in [0.29, 0.717) is 11.4 Å². The van der Waals surface area contributed by atoms with Gasteiger partial charge in [-0.25, -0.2) is 9.67 Å². The van der Waals surface area contributed by atoms with E-state index in [9.17, 15) is 4.79 Å². The van der Waals surface area contributed by atoms with E-state index in [1.165, 1.54) is 4.68 Å². The van der Waals surface area contributed by atoms with Crippen LogP contribution in [0.2, 0.25) is 0 Å². The van der Waals surface area contributed by atoms with Crippen molar-refractivity contribution < 1.29 is 0 Å². The van der Waals surface area contributed by atoms with E-state index in [1.54, 1.807) is 12.4 Å². The summed E-state index contributed by atoms with van der Waals surface area (Å²) in [6.45, 7) is 3.90. The molecule has 0 aliphatic carbocycles. The number of rotatable bonds is 2.